The van der Waals surface area contributed by atoms with Crippen molar-refractivity contribution in [3.05, 3.63) is 63.2 Å². The van der Waals surface area contributed by atoms with E-state index in [0.717, 1.165) is 0 Å². The summed E-state index contributed by atoms with van der Waals surface area (Å²) in [4.78, 5) is 28.0. The Labute approximate surface area is 167 Å². The highest BCUT2D eigenvalue weighted by Gasteiger charge is 2.29. The molecule has 1 amide bonds. The second-order valence-corrected chi connectivity index (χ2v) is 6.88. The molecule has 0 bridgehead atoms. The fourth-order valence-corrected chi connectivity index (χ4v) is 3.37. The molecular weight excluding hydrogens is 384 g/mol. The van der Waals surface area contributed by atoms with Crippen LogP contribution in [0, 0.1) is 10.1 Å². The molecule has 28 heavy (non-hydrogen) atoms. The highest BCUT2D eigenvalue weighted by Crippen LogP contribution is 2.33. The Morgan fingerprint density at radius 1 is 1.14 bits per heavy atom. The summed E-state index contributed by atoms with van der Waals surface area (Å²) in [7, 11) is 0. The van der Waals surface area contributed by atoms with Crippen molar-refractivity contribution in [1.29, 1.82) is 0 Å². The Bertz CT molecular complexity index is 852. The van der Waals surface area contributed by atoms with Gasteiger partial charge in [0.2, 0.25) is 0 Å². The van der Waals surface area contributed by atoms with E-state index in [-0.39, 0.29) is 17.9 Å². The largest absolute Gasteiger partial charge is 0.395 e. The van der Waals surface area contributed by atoms with E-state index in [4.69, 9.17) is 16.7 Å². The van der Waals surface area contributed by atoms with Gasteiger partial charge in [-0.3, -0.25) is 19.8 Å². The van der Waals surface area contributed by atoms with Crippen molar-refractivity contribution in [1.82, 2.24) is 4.90 Å². The molecule has 0 spiro atoms. The first-order valence-corrected chi connectivity index (χ1v) is 9.30. The summed E-state index contributed by atoms with van der Waals surface area (Å²) < 4.78 is 0. The fourth-order valence-electron chi connectivity index (χ4n) is 3.25. The highest BCUT2D eigenvalue weighted by molar-refractivity contribution is 6.30. The maximum atomic E-state index is 12.7. The SMILES string of the molecule is O=C(Nc1ccc(Cl)cc1)c1cccc(N2CCN(CCO)CC2)c1[N+](=O)[O-]. The maximum absolute atomic E-state index is 12.7. The third-order valence-electron chi connectivity index (χ3n) is 4.67. The number of halogens is 1. The predicted octanol–water partition coefficient (Wildman–Crippen LogP) is 2.61. The first-order valence-electron chi connectivity index (χ1n) is 8.92. The lowest BCUT2D eigenvalue weighted by molar-refractivity contribution is -0.384. The molecular formula is C19H21ClN4O4. The molecule has 0 atom stereocenters. The smallest absolute Gasteiger partial charge is 0.305 e. The van der Waals surface area contributed by atoms with Gasteiger partial charge in [0.25, 0.3) is 5.91 Å². The lowest BCUT2D eigenvalue weighted by atomic mass is 10.1. The summed E-state index contributed by atoms with van der Waals surface area (Å²) in [5.41, 5.74) is 0.740. The van der Waals surface area contributed by atoms with Crippen molar-refractivity contribution in [3.8, 4) is 0 Å². The van der Waals surface area contributed by atoms with E-state index in [2.05, 4.69) is 10.2 Å². The molecule has 0 saturated carbocycles. The molecule has 2 N–H and O–H groups in total. The predicted molar refractivity (Wildman–Crippen MR) is 108 cm³/mol. The van der Waals surface area contributed by atoms with E-state index in [1.165, 1.54) is 6.07 Å². The minimum absolute atomic E-state index is 0.00948. The number of rotatable bonds is 6. The Balaban J connectivity index is 1.84. The van der Waals surface area contributed by atoms with E-state index in [1.807, 2.05) is 4.90 Å². The first kappa shape index (κ1) is 20.1. The highest BCUT2D eigenvalue weighted by atomic mass is 35.5. The fraction of sp³-hybridized carbons (Fsp3) is 0.316. The van der Waals surface area contributed by atoms with Crippen LogP contribution in [0.3, 0.4) is 0 Å². The van der Waals surface area contributed by atoms with Crippen LogP contribution in [0.2, 0.25) is 5.02 Å². The molecule has 3 rings (SSSR count). The van der Waals surface area contributed by atoms with E-state index in [9.17, 15) is 14.9 Å². The van der Waals surface area contributed by atoms with Gasteiger partial charge in [0.05, 0.1) is 11.5 Å². The minimum atomic E-state index is -0.546. The van der Waals surface area contributed by atoms with Gasteiger partial charge in [0, 0.05) is 43.4 Å². The van der Waals surface area contributed by atoms with Gasteiger partial charge in [-0.2, -0.15) is 0 Å². The molecule has 0 radical (unpaired) electrons. The number of nitrogens with one attached hydrogen (secondary N) is 1. The zero-order valence-electron chi connectivity index (χ0n) is 15.2. The van der Waals surface area contributed by atoms with Crippen LogP contribution >= 0.6 is 11.6 Å². The molecule has 0 unspecified atom stereocenters. The van der Waals surface area contributed by atoms with Crippen molar-refractivity contribution in [3.63, 3.8) is 0 Å². The molecule has 2 aromatic rings. The van der Waals surface area contributed by atoms with Crippen LogP contribution in [0.4, 0.5) is 17.1 Å². The number of carbonyl (C=O) groups excluding carboxylic acids is 1. The van der Waals surface area contributed by atoms with Crippen LogP contribution in [-0.4, -0.2) is 60.2 Å². The number of nitro groups is 1. The standard InChI is InChI=1S/C19H21ClN4O4/c20-14-4-6-15(7-5-14)21-19(26)16-2-1-3-17(18(16)24(27)28)23-10-8-22(9-11-23)12-13-25/h1-7,25H,8-13H2,(H,21,26). The average molecular weight is 405 g/mol. The van der Waals surface area contributed by atoms with Crippen molar-refractivity contribution in [2.45, 2.75) is 0 Å². The molecule has 2 aromatic carbocycles. The summed E-state index contributed by atoms with van der Waals surface area (Å²) in [5.74, 6) is -0.546. The maximum Gasteiger partial charge on any atom is 0.305 e. The lowest BCUT2D eigenvalue weighted by Crippen LogP contribution is -2.47. The normalized spacial score (nSPS) is 14.7. The van der Waals surface area contributed by atoms with Crippen molar-refractivity contribution in [2.75, 3.05) is 49.5 Å². The van der Waals surface area contributed by atoms with Gasteiger partial charge in [-0.05, 0) is 36.4 Å². The van der Waals surface area contributed by atoms with Gasteiger partial charge in [-0.1, -0.05) is 17.7 Å². The molecule has 1 saturated heterocycles. The monoisotopic (exact) mass is 404 g/mol. The third kappa shape index (κ3) is 4.59. The van der Waals surface area contributed by atoms with Gasteiger partial charge in [-0.15, -0.1) is 0 Å². The third-order valence-corrected chi connectivity index (χ3v) is 4.93. The zero-order valence-corrected chi connectivity index (χ0v) is 15.9. The number of β-amino-alcohol motifs (C(OH)–C–C–N with tert-alkyl or cyclic N) is 1. The summed E-state index contributed by atoms with van der Waals surface area (Å²) in [6, 6.07) is 11.3. The second kappa shape index (κ2) is 9.01. The Kier molecular flexibility index (Phi) is 6.45. The molecule has 8 nitrogen and oxygen atoms in total. The molecule has 0 aromatic heterocycles. The number of aliphatic hydroxyl groups excluding tert-OH is 1. The number of benzene rings is 2. The second-order valence-electron chi connectivity index (χ2n) is 6.44. The number of nitro benzene ring substituents is 1. The quantitative estimate of drug-likeness (QED) is 0.567. The molecule has 1 aliphatic rings. The van der Waals surface area contributed by atoms with Crippen LogP contribution < -0.4 is 10.2 Å². The van der Waals surface area contributed by atoms with E-state index >= 15 is 0 Å². The van der Waals surface area contributed by atoms with E-state index in [1.54, 1.807) is 36.4 Å². The first-order chi connectivity index (χ1) is 13.5. The van der Waals surface area contributed by atoms with Crippen LogP contribution in [0.25, 0.3) is 0 Å². The Hall–Kier alpha value is -2.68. The number of amides is 1. The van der Waals surface area contributed by atoms with Crippen LogP contribution in [0.15, 0.2) is 42.5 Å². The number of piperazine rings is 1. The van der Waals surface area contributed by atoms with E-state index in [0.29, 0.717) is 49.1 Å². The average Bonchev–Trinajstić information content (AvgIpc) is 2.70. The molecule has 0 aliphatic carbocycles. The van der Waals surface area contributed by atoms with Gasteiger partial charge in [-0.25, -0.2) is 0 Å². The summed E-state index contributed by atoms with van der Waals surface area (Å²) >= 11 is 5.84. The number of nitrogens with zero attached hydrogens (tertiary/aromatic N) is 3. The van der Waals surface area contributed by atoms with Crippen molar-refractivity contribution >= 4 is 34.6 Å². The molecule has 1 aliphatic heterocycles. The summed E-state index contributed by atoms with van der Waals surface area (Å²) in [5, 5.41) is 24.1. The Morgan fingerprint density at radius 3 is 2.43 bits per heavy atom. The number of carbonyl (C=O) groups is 1. The van der Waals surface area contributed by atoms with E-state index < -0.39 is 10.8 Å². The zero-order chi connectivity index (χ0) is 20.1. The number of aliphatic hydroxyl groups is 1. The van der Waals surface area contributed by atoms with Crippen molar-refractivity contribution in [2.24, 2.45) is 0 Å². The number of hydrogen-bond acceptors (Lipinski definition) is 6. The van der Waals surface area contributed by atoms with Crippen molar-refractivity contribution < 1.29 is 14.8 Å². The molecule has 1 fully saturated rings. The van der Waals surface area contributed by atoms with Gasteiger partial charge in [0.15, 0.2) is 0 Å². The van der Waals surface area contributed by atoms with Gasteiger partial charge in [0.1, 0.15) is 11.3 Å². The molecule has 1 heterocycles. The summed E-state index contributed by atoms with van der Waals surface area (Å²) in [6.07, 6.45) is 0. The number of hydrogen-bond donors (Lipinski definition) is 2. The van der Waals surface area contributed by atoms with Crippen LogP contribution in [0.5, 0.6) is 0 Å². The van der Waals surface area contributed by atoms with Crippen LogP contribution in [-0.2, 0) is 0 Å². The van der Waals surface area contributed by atoms with Gasteiger partial charge >= 0.3 is 5.69 Å². The number of anilines is 2. The molecule has 9 heteroatoms. The lowest BCUT2D eigenvalue weighted by Gasteiger charge is -2.35. The number of para-hydroxylation sites is 1. The van der Waals surface area contributed by atoms with Gasteiger partial charge < -0.3 is 15.3 Å². The minimum Gasteiger partial charge on any atom is -0.395 e. The molecule has 148 valence electrons. The van der Waals surface area contributed by atoms with Crippen LogP contribution in [0.1, 0.15) is 10.4 Å². The Morgan fingerprint density at radius 2 is 1.82 bits per heavy atom. The summed E-state index contributed by atoms with van der Waals surface area (Å²) in [6.45, 7) is 3.23. The topological polar surface area (TPSA) is 99.0 Å².